The first kappa shape index (κ1) is 28.8. The van der Waals surface area contributed by atoms with Crippen molar-refractivity contribution in [3.63, 3.8) is 0 Å². The molecule has 202 valence electrons. The van der Waals surface area contributed by atoms with Crippen molar-refractivity contribution >= 4 is 27.5 Å². The number of anilines is 1. The molecule has 3 aromatic rings. The molecule has 38 heavy (non-hydrogen) atoms. The van der Waals surface area contributed by atoms with Crippen molar-refractivity contribution < 1.29 is 22.4 Å². The van der Waals surface area contributed by atoms with Crippen molar-refractivity contribution in [3.8, 4) is 0 Å². The van der Waals surface area contributed by atoms with Crippen molar-refractivity contribution in [3.05, 3.63) is 102 Å². The fourth-order valence-electron chi connectivity index (χ4n) is 4.00. The van der Waals surface area contributed by atoms with E-state index in [1.54, 1.807) is 0 Å². The number of hydrogen-bond donors (Lipinski definition) is 1. The topological polar surface area (TPSA) is 86.8 Å². The fourth-order valence-corrected chi connectivity index (χ4v) is 4.85. The zero-order chi connectivity index (χ0) is 27.7. The largest absolute Gasteiger partial charge is 0.352 e. The van der Waals surface area contributed by atoms with E-state index in [0.717, 1.165) is 33.8 Å². The molecule has 2 atom stereocenters. The van der Waals surface area contributed by atoms with Crippen LogP contribution < -0.4 is 9.62 Å². The highest BCUT2D eigenvalue weighted by Crippen LogP contribution is 2.21. The molecule has 0 saturated heterocycles. The van der Waals surface area contributed by atoms with Gasteiger partial charge in [-0.15, -0.1) is 0 Å². The van der Waals surface area contributed by atoms with E-state index in [4.69, 9.17) is 0 Å². The Morgan fingerprint density at radius 1 is 0.895 bits per heavy atom. The fraction of sp³-hybridized carbons (Fsp3) is 0.310. The maximum Gasteiger partial charge on any atom is 0.244 e. The molecule has 0 aromatic heterocycles. The summed E-state index contributed by atoms with van der Waals surface area (Å²) >= 11 is 0. The van der Waals surface area contributed by atoms with Gasteiger partial charge in [-0.2, -0.15) is 0 Å². The minimum absolute atomic E-state index is 0.103. The second-order valence-corrected chi connectivity index (χ2v) is 11.2. The van der Waals surface area contributed by atoms with Crippen molar-refractivity contribution in [1.29, 1.82) is 0 Å². The van der Waals surface area contributed by atoms with Crippen molar-refractivity contribution in [2.75, 3.05) is 17.1 Å². The Morgan fingerprint density at radius 2 is 1.45 bits per heavy atom. The second kappa shape index (κ2) is 13.2. The highest BCUT2D eigenvalue weighted by molar-refractivity contribution is 7.92. The Hall–Kier alpha value is -3.72. The average Bonchev–Trinajstić information content (AvgIpc) is 2.90. The first-order valence-electron chi connectivity index (χ1n) is 12.5. The maximum absolute atomic E-state index is 13.9. The van der Waals surface area contributed by atoms with E-state index < -0.39 is 34.3 Å². The van der Waals surface area contributed by atoms with Gasteiger partial charge in [0.05, 0.1) is 11.9 Å². The van der Waals surface area contributed by atoms with Gasteiger partial charge in [0.2, 0.25) is 21.8 Å². The van der Waals surface area contributed by atoms with Gasteiger partial charge in [0.1, 0.15) is 18.4 Å². The quantitative estimate of drug-likeness (QED) is 0.375. The van der Waals surface area contributed by atoms with Crippen LogP contribution in [-0.2, 0) is 32.6 Å². The summed E-state index contributed by atoms with van der Waals surface area (Å²) in [5.41, 5.74) is 1.81. The van der Waals surface area contributed by atoms with Gasteiger partial charge in [0, 0.05) is 19.0 Å². The Bertz CT molecular complexity index is 1300. The molecular formula is C29H34FN3O4S. The van der Waals surface area contributed by atoms with Crippen LogP contribution in [0.4, 0.5) is 10.1 Å². The smallest absolute Gasteiger partial charge is 0.244 e. The van der Waals surface area contributed by atoms with Gasteiger partial charge in [0.25, 0.3) is 0 Å². The van der Waals surface area contributed by atoms with Gasteiger partial charge >= 0.3 is 0 Å². The minimum Gasteiger partial charge on any atom is -0.352 e. The number of amides is 2. The highest BCUT2D eigenvalue weighted by atomic mass is 32.2. The monoisotopic (exact) mass is 539 g/mol. The van der Waals surface area contributed by atoms with E-state index in [-0.39, 0.29) is 30.6 Å². The molecular weight excluding hydrogens is 505 g/mol. The van der Waals surface area contributed by atoms with E-state index in [1.807, 2.05) is 74.5 Å². The number of sulfonamides is 1. The highest BCUT2D eigenvalue weighted by Gasteiger charge is 2.33. The molecule has 0 fully saturated rings. The molecule has 1 N–H and O–H groups in total. The van der Waals surface area contributed by atoms with Crippen LogP contribution in [-0.4, -0.2) is 50.0 Å². The summed E-state index contributed by atoms with van der Waals surface area (Å²) in [6.07, 6.45) is 1.95. The standard InChI is InChI=1S/C29H34FN3O4S/c1-4-22(2)31-29(35)27(19-23-11-7-5-8-12-23)32(20-24-13-9-6-10-14-24)28(34)21-33(38(3,36)37)26-17-15-25(30)16-18-26/h5-18,22,27H,4,19-21H2,1-3H3,(H,31,35)/t22-,27+/m1/s1. The summed E-state index contributed by atoms with van der Waals surface area (Å²) in [4.78, 5) is 28.9. The third-order valence-corrected chi connectivity index (χ3v) is 7.40. The van der Waals surface area contributed by atoms with Gasteiger partial charge in [-0.3, -0.25) is 13.9 Å². The van der Waals surface area contributed by atoms with Gasteiger partial charge in [-0.05, 0) is 48.7 Å². The number of carbonyl (C=O) groups excluding carboxylic acids is 2. The van der Waals surface area contributed by atoms with E-state index in [9.17, 15) is 22.4 Å². The van der Waals surface area contributed by atoms with Crippen LogP contribution in [0.15, 0.2) is 84.9 Å². The molecule has 0 aliphatic heterocycles. The number of nitrogens with one attached hydrogen (secondary N) is 1. The number of benzene rings is 3. The number of hydrogen-bond acceptors (Lipinski definition) is 4. The van der Waals surface area contributed by atoms with Crippen LogP contribution in [0.25, 0.3) is 0 Å². The summed E-state index contributed by atoms with van der Waals surface area (Å²) in [5, 5.41) is 2.99. The lowest BCUT2D eigenvalue weighted by Crippen LogP contribution is -2.54. The Labute approximate surface area is 224 Å². The third kappa shape index (κ3) is 8.14. The van der Waals surface area contributed by atoms with Gasteiger partial charge in [-0.1, -0.05) is 67.6 Å². The summed E-state index contributed by atoms with van der Waals surface area (Å²) in [7, 11) is -3.90. The molecule has 0 heterocycles. The average molecular weight is 540 g/mol. The van der Waals surface area contributed by atoms with E-state index in [1.165, 1.54) is 17.0 Å². The first-order chi connectivity index (χ1) is 18.1. The van der Waals surface area contributed by atoms with Gasteiger partial charge in [-0.25, -0.2) is 12.8 Å². The van der Waals surface area contributed by atoms with Crippen LogP contribution >= 0.6 is 0 Å². The van der Waals surface area contributed by atoms with Crippen molar-refractivity contribution in [2.45, 2.75) is 45.3 Å². The zero-order valence-corrected chi connectivity index (χ0v) is 22.7. The van der Waals surface area contributed by atoms with Gasteiger partial charge < -0.3 is 10.2 Å². The van der Waals surface area contributed by atoms with E-state index in [2.05, 4.69) is 5.32 Å². The molecule has 7 nitrogen and oxygen atoms in total. The van der Waals surface area contributed by atoms with Crippen molar-refractivity contribution in [2.24, 2.45) is 0 Å². The van der Waals surface area contributed by atoms with Gasteiger partial charge in [0.15, 0.2) is 0 Å². The van der Waals surface area contributed by atoms with Crippen LogP contribution in [0.5, 0.6) is 0 Å². The normalized spacial score (nSPS) is 12.8. The summed E-state index contributed by atoms with van der Waals surface area (Å²) in [6.45, 7) is 3.41. The molecule has 0 unspecified atom stereocenters. The molecule has 0 aliphatic rings. The zero-order valence-electron chi connectivity index (χ0n) is 21.9. The molecule has 0 spiro atoms. The Morgan fingerprint density at radius 3 is 1.97 bits per heavy atom. The number of nitrogens with zero attached hydrogens (tertiary/aromatic N) is 2. The number of halogens is 1. The van der Waals surface area contributed by atoms with E-state index in [0.29, 0.717) is 6.42 Å². The lowest BCUT2D eigenvalue weighted by Gasteiger charge is -2.34. The van der Waals surface area contributed by atoms with E-state index >= 15 is 0 Å². The predicted molar refractivity (Wildman–Crippen MR) is 147 cm³/mol. The van der Waals surface area contributed by atoms with Crippen molar-refractivity contribution in [1.82, 2.24) is 10.2 Å². The second-order valence-electron chi connectivity index (χ2n) is 9.28. The first-order valence-corrected chi connectivity index (χ1v) is 14.3. The minimum atomic E-state index is -3.90. The maximum atomic E-state index is 13.9. The molecule has 0 aliphatic carbocycles. The van der Waals surface area contributed by atoms with Crippen LogP contribution in [0, 0.1) is 5.82 Å². The molecule has 3 aromatic carbocycles. The Kier molecular flexibility index (Phi) is 10.0. The predicted octanol–water partition coefficient (Wildman–Crippen LogP) is 4.15. The molecule has 0 saturated carbocycles. The molecule has 2 amide bonds. The summed E-state index contributed by atoms with van der Waals surface area (Å²) < 4.78 is 39.8. The lowest BCUT2D eigenvalue weighted by atomic mass is 10.0. The summed E-state index contributed by atoms with van der Waals surface area (Å²) in [5.74, 6) is -1.40. The SMILES string of the molecule is CC[C@@H](C)NC(=O)[C@H](Cc1ccccc1)N(Cc1ccccc1)C(=O)CN(c1ccc(F)cc1)S(C)(=O)=O. The molecule has 9 heteroatoms. The summed E-state index contributed by atoms with van der Waals surface area (Å²) in [6, 6.07) is 22.5. The van der Waals surface area contributed by atoms with Crippen LogP contribution in [0.1, 0.15) is 31.4 Å². The number of carbonyl (C=O) groups is 2. The molecule has 0 radical (unpaired) electrons. The Balaban J connectivity index is 2.03. The van der Waals surface area contributed by atoms with Crippen LogP contribution in [0.2, 0.25) is 0 Å². The lowest BCUT2D eigenvalue weighted by molar-refractivity contribution is -0.140. The number of rotatable bonds is 12. The molecule has 3 rings (SSSR count). The molecule has 0 bridgehead atoms. The van der Waals surface area contributed by atoms with Crippen LogP contribution in [0.3, 0.4) is 0 Å². The third-order valence-electron chi connectivity index (χ3n) is 6.26.